The molecule has 0 spiro atoms. The Morgan fingerprint density at radius 3 is 2.50 bits per heavy atom. The third-order valence-electron chi connectivity index (χ3n) is 3.51. The van der Waals surface area contributed by atoms with Crippen LogP contribution in [0.5, 0.6) is 11.5 Å². The van der Waals surface area contributed by atoms with E-state index in [9.17, 15) is 5.11 Å². The minimum Gasteiger partial charge on any atom is -0.504 e. The van der Waals surface area contributed by atoms with Crippen LogP contribution >= 0.6 is 0 Å². The van der Waals surface area contributed by atoms with Gasteiger partial charge in [-0.2, -0.15) is 0 Å². The molecule has 0 aromatic heterocycles. The monoisotopic (exact) mass is 298 g/mol. The number of methoxy groups -OCH3 is 1. The molecule has 0 atom stereocenters. The van der Waals surface area contributed by atoms with Gasteiger partial charge in [0.25, 0.3) is 0 Å². The van der Waals surface area contributed by atoms with Gasteiger partial charge in [0, 0.05) is 17.3 Å². The lowest BCUT2D eigenvalue weighted by molar-refractivity contribution is 0.321. The number of hydrogen-bond acceptors (Lipinski definition) is 5. The van der Waals surface area contributed by atoms with E-state index in [0.29, 0.717) is 23.1 Å². The van der Waals surface area contributed by atoms with Crippen LogP contribution in [-0.4, -0.2) is 29.9 Å². The van der Waals surface area contributed by atoms with Gasteiger partial charge in [0.15, 0.2) is 11.5 Å². The van der Waals surface area contributed by atoms with E-state index >= 15 is 0 Å². The molecular formula is C17H18N2O3. The lowest BCUT2D eigenvalue weighted by Gasteiger charge is -2.14. The van der Waals surface area contributed by atoms with Crippen LogP contribution in [0.3, 0.4) is 0 Å². The second-order valence-corrected chi connectivity index (χ2v) is 4.96. The lowest BCUT2D eigenvalue weighted by Crippen LogP contribution is -2.03. The molecule has 0 bridgehead atoms. The Labute approximate surface area is 129 Å². The predicted molar refractivity (Wildman–Crippen MR) is 85.9 cm³/mol. The maximum Gasteiger partial charge on any atom is 0.167 e. The number of aryl methyl sites for hydroxylation is 1. The van der Waals surface area contributed by atoms with Crippen molar-refractivity contribution in [3.05, 3.63) is 58.1 Å². The smallest absolute Gasteiger partial charge is 0.167 e. The minimum atomic E-state index is -0.104. The molecule has 0 aliphatic carbocycles. The van der Waals surface area contributed by atoms with Gasteiger partial charge in [-0.25, -0.2) is 0 Å². The van der Waals surface area contributed by atoms with Gasteiger partial charge in [-0.15, -0.1) is 0 Å². The molecule has 0 aliphatic rings. The zero-order valence-corrected chi connectivity index (χ0v) is 12.5. The Kier molecular flexibility index (Phi) is 4.78. The van der Waals surface area contributed by atoms with E-state index in [1.54, 1.807) is 6.07 Å². The van der Waals surface area contributed by atoms with Crippen molar-refractivity contribution in [3.63, 3.8) is 0 Å². The van der Waals surface area contributed by atoms with E-state index in [0.717, 1.165) is 17.3 Å². The number of nitrogens with zero attached hydrogens (tertiary/aromatic N) is 1. The molecule has 5 heteroatoms. The average Bonchev–Trinajstić information content (AvgIpc) is 2.53. The molecule has 0 unspecified atom stereocenters. The molecule has 0 saturated heterocycles. The van der Waals surface area contributed by atoms with Crippen molar-refractivity contribution in [2.45, 2.75) is 13.3 Å². The highest BCUT2D eigenvalue weighted by Gasteiger charge is 2.16. The molecule has 0 saturated carbocycles. The van der Waals surface area contributed by atoms with E-state index < -0.39 is 0 Å². The Bertz CT molecular complexity index is 707. The van der Waals surface area contributed by atoms with Crippen molar-refractivity contribution in [2.75, 3.05) is 7.11 Å². The molecule has 0 fully saturated rings. The summed E-state index contributed by atoms with van der Waals surface area (Å²) in [5, 5.41) is 29.7. The molecular weight excluding hydrogens is 280 g/mol. The van der Waals surface area contributed by atoms with Gasteiger partial charge < -0.3 is 20.5 Å². The van der Waals surface area contributed by atoms with Crippen LogP contribution in [0.25, 0.3) is 0 Å². The van der Waals surface area contributed by atoms with E-state index in [1.807, 2.05) is 31.2 Å². The maximum absolute atomic E-state index is 10.2. The topological polar surface area (TPSA) is 85.9 Å². The molecule has 2 rings (SSSR count). The number of ether oxygens (including phenoxy) is 1. The third kappa shape index (κ3) is 3.09. The molecule has 0 heterocycles. The largest absolute Gasteiger partial charge is 0.504 e. The number of oxime groups is 1. The highest BCUT2D eigenvalue weighted by molar-refractivity contribution is 5.93. The van der Waals surface area contributed by atoms with Crippen LogP contribution in [0.4, 0.5) is 0 Å². The maximum atomic E-state index is 10.2. The van der Waals surface area contributed by atoms with Gasteiger partial charge in [-0.05, 0) is 30.5 Å². The summed E-state index contributed by atoms with van der Waals surface area (Å²) < 4.78 is 5.10. The zero-order valence-electron chi connectivity index (χ0n) is 12.5. The highest BCUT2D eigenvalue weighted by Crippen LogP contribution is 2.34. The van der Waals surface area contributed by atoms with Crippen molar-refractivity contribution in [1.82, 2.24) is 0 Å². The molecule has 5 nitrogen and oxygen atoms in total. The van der Waals surface area contributed by atoms with Crippen molar-refractivity contribution in [1.29, 1.82) is 5.41 Å². The van der Waals surface area contributed by atoms with Crippen LogP contribution in [0.15, 0.2) is 35.5 Å². The van der Waals surface area contributed by atoms with Gasteiger partial charge in [0.2, 0.25) is 0 Å². The fourth-order valence-electron chi connectivity index (χ4n) is 2.32. The second-order valence-electron chi connectivity index (χ2n) is 4.96. The van der Waals surface area contributed by atoms with E-state index in [-0.39, 0.29) is 11.5 Å². The summed E-state index contributed by atoms with van der Waals surface area (Å²) in [7, 11) is 1.43. The average molecular weight is 298 g/mol. The Hall–Kier alpha value is -2.82. The Morgan fingerprint density at radius 2 is 1.95 bits per heavy atom. The first-order chi connectivity index (χ1) is 10.6. The summed E-state index contributed by atoms with van der Waals surface area (Å²) >= 11 is 0. The van der Waals surface area contributed by atoms with E-state index in [2.05, 4.69) is 5.16 Å². The molecule has 0 amide bonds. The molecule has 3 N–H and O–H groups in total. The van der Waals surface area contributed by atoms with Crippen molar-refractivity contribution >= 4 is 12.4 Å². The molecule has 2 aromatic rings. The van der Waals surface area contributed by atoms with Crippen LogP contribution in [0.2, 0.25) is 0 Å². The first kappa shape index (κ1) is 15.6. The van der Waals surface area contributed by atoms with Gasteiger partial charge in [-0.3, -0.25) is 0 Å². The first-order valence-corrected chi connectivity index (χ1v) is 6.77. The first-order valence-electron chi connectivity index (χ1n) is 6.77. The Morgan fingerprint density at radius 1 is 1.27 bits per heavy atom. The standard InChI is InChI=1S/C17H18N2O3/c1-11-3-5-12(6-4-11)7-14-13(9-18)8-16(22-2)17(20)15(14)10-19-21/h3-6,8-10,18,20-21H,7H2,1-2H3/b18-9?,19-10+. The minimum absolute atomic E-state index is 0.104. The summed E-state index contributed by atoms with van der Waals surface area (Å²) in [5.41, 5.74) is 3.85. The number of phenolic OH excluding ortho intramolecular Hbond substituents is 1. The number of rotatable bonds is 5. The van der Waals surface area contributed by atoms with Crippen LogP contribution in [0, 0.1) is 12.3 Å². The lowest BCUT2D eigenvalue weighted by atomic mass is 9.94. The van der Waals surface area contributed by atoms with Crippen LogP contribution in [-0.2, 0) is 6.42 Å². The molecule has 0 aliphatic heterocycles. The van der Waals surface area contributed by atoms with E-state index in [4.69, 9.17) is 15.4 Å². The second kappa shape index (κ2) is 6.76. The molecule has 2 aromatic carbocycles. The zero-order chi connectivity index (χ0) is 16.1. The summed E-state index contributed by atoms with van der Waals surface area (Å²) in [6.07, 6.45) is 2.86. The quantitative estimate of drug-likeness (QED) is 0.450. The number of nitrogens with one attached hydrogen (secondary N) is 1. The molecule has 22 heavy (non-hydrogen) atoms. The summed E-state index contributed by atoms with van der Waals surface area (Å²) in [5.74, 6) is 0.133. The van der Waals surface area contributed by atoms with Crippen molar-refractivity contribution in [3.8, 4) is 11.5 Å². The van der Waals surface area contributed by atoms with Crippen LogP contribution < -0.4 is 4.74 Å². The third-order valence-corrected chi connectivity index (χ3v) is 3.51. The normalized spacial score (nSPS) is 10.8. The van der Waals surface area contributed by atoms with Crippen molar-refractivity contribution < 1.29 is 15.1 Å². The molecule has 114 valence electrons. The van der Waals surface area contributed by atoms with Gasteiger partial charge >= 0.3 is 0 Å². The van der Waals surface area contributed by atoms with Crippen molar-refractivity contribution in [2.24, 2.45) is 5.16 Å². The number of benzene rings is 2. The summed E-state index contributed by atoms with van der Waals surface area (Å²) in [6, 6.07) is 9.58. The number of aromatic hydroxyl groups is 1. The predicted octanol–water partition coefficient (Wildman–Crippen LogP) is 3.11. The summed E-state index contributed by atoms with van der Waals surface area (Å²) in [6.45, 7) is 2.01. The van der Waals surface area contributed by atoms with Gasteiger partial charge in [0.05, 0.1) is 13.3 Å². The SMILES string of the molecule is COc1cc(C=N)c(Cc2ccc(C)cc2)c(/C=N/O)c1O. The fourth-order valence-corrected chi connectivity index (χ4v) is 2.32. The molecule has 0 radical (unpaired) electrons. The van der Waals surface area contributed by atoms with Gasteiger partial charge in [0.1, 0.15) is 0 Å². The van der Waals surface area contributed by atoms with Gasteiger partial charge in [-0.1, -0.05) is 35.0 Å². The number of phenols is 1. The van der Waals surface area contributed by atoms with Crippen LogP contribution in [0.1, 0.15) is 27.8 Å². The summed E-state index contributed by atoms with van der Waals surface area (Å²) in [4.78, 5) is 0. The Balaban J connectivity index is 2.59. The fraction of sp³-hybridized carbons (Fsp3) is 0.176. The number of hydrogen-bond donors (Lipinski definition) is 3. The highest BCUT2D eigenvalue weighted by atomic mass is 16.5. The van der Waals surface area contributed by atoms with E-state index in [1.165, 1.54) is 13.3 Å².